The van der Waals surface area contributed by atoms with Gasteiger partial charge in [-0.25, -0.2) is 4.79 Å². The van der Waals surface area contributed by atoms with Gasteiger partial charge in [-0.15, -0.1) is 0 Å². The predicted molar refractivity (Wildman–Crippen MR) is 93.0 cm³/mol. The SMILES string of the molecule is CCOc1ccccc1NC(=O)COC(=O)c1cccc(C(C)=O)c1. The van der Waals surface area contributed by atoms with Crippen LogP contribution in [0.4, 0.5) is 5.69 Å². The molecule has 0 heterocycles. The Kier molecular flexibility index (Phi) is 6.28. The van der Waals surface area contributed by atoms with E-state index in [2.05, 4.69) is 5.32 Å². The van der Waals surface area contributed by atoms with Gasteiger partial charge in [0.1, 0.15) is 5.75 Å². The number of para-hydroxylation sites is 2. The van der Waals surface area contributed by atoms with Crippen LogP contribution in [0.2, 0.25) is 0 Å². The van der Waals surface area contributed by atoms with Crippen molar-refractivity contribution < 1.29 is 23.9 Å². The van der Waals surface area contributed by atoms with Crippen LogP contribution < -0.4 is 10.1 Å². The van der Waals surface area contributed by atoms with Gasteiger partial charge in [0.15, 0.2) is 12.4 Å². The molecular weight excluding hydrogens is 322 g/mol. The second-order valence-electron chi connectivity index (χ2n) is 5.19. The summed E-state index contributed by atoms with van der Waals surface area (Å²) < 4.78 is 10.4. The van der Waals surface area contributed by atoms with Crippen molar-refractivity contribution in [3.63, 3.8) is 0 Å². The zero-order valence-corrected chi connectivity index (χ0v) is 14.1. The molecule has 0 bridgehead atoms. The van der Waals surface area contributed by atoms with E-state index in [4.69, 9.17) is 9.47 Å². The number of ketones is 1. The average Bonchev–Trinajstić information content (AvgIpc) is 2.61. The van der Waals surface area contributed by atoms with Gasteiger partial charge in [0, 0.05) is 5.56 Å². The molecule has 1 N–H and O–H groups in total. The summed E-state index contributed by atoms with van der Waals surface area (Å²) in [6, 6.07) is 13.1. The number of esters is 1. The van der Waals surface area contributed by atoms with Crippen LogP contribution in [0.5, 0.6) is 5.75 Å². The summed E-state index contributed by atoms with van der Waals surface area (Å²) in [5.41, 5.74) is 1.13. The predicted octanol–water partition coefficient (Wildman–Crippen LogP) is 3.08. The van der Waals surface area contributed by atoms with E-state index >= 15 is 0 Å². The van der Waals surface area contributed by atoms with Crippen LogP contribution in [0.1, 0.15) is 34.6 Å². The highest BCUT2D eigenvalue weighted by molar-refractivity contribution is 5.99. The minimum absolute atomic E-state index is 0.153. The monoisotopic (exact) mass is 341 g/mol. The molecule has 0 aliphatic carbocycles. The number of ether oxygens (including phenoxy) is 2. The normalized spacial score (nSPS) is 10.0. The summed E-state index contributed by atoms with van der Waals surface area (Å²) >= 11 is 0. The maximum Gasteiger partial charge on any atom is 0.338 e. The number of nitrogens with one attached hydrogen (secondary N) is 1. The Morgan fingerprint density at radius 2 is 1.72 bits per heavy atom. The largest absolute Gasteiger partial charge is 0.492 e. The number of carbonyl (C=O) groups excluding carboxylic acids is 3. The third-order valence-corrected chi connectivity index (χ3v) is 3.30. The summed E-state index contributed by atoms with van der Waals surface area (Å²) in [5.74, 6) is -0.765. The zero-order valence-electron chi connectivity index (χ0n) is 14.1. The van der Waals surface area contributed by atoms with Crippen LogP contribution in [0.15, 0.2) is 48.5 Å². The van der Waals surface area contributed by atoms with Gasteiger partial charge >= 0.3 is 5.97 Å². The van der Waals surface area contributed by atoms with Gasteiger partial charge in [-0.1, -0.05) is 24.3 Å². The van der Waals surface area contributed by atoms with Crippen LogP contribution in [0.25, 0.3) is 0 Å². The van der Waals surface area contributed by atoms with Crippen LogP contribution >= 0.6 is 0 Å². The van der Waals surface area contributed by atoms with Crippen molar-refractivity contribution in [1.29, 1.82) is 0 Å². The van der Waals surface area contributed by atoms with E-state index in [0.29, 0.717) is 23.6 Å². The molecule has 0 saturated carbocycles. The first-order valence-corrected chi connectivity index (χ1v) is 7.81. The molecule has 0 atom stereocenters. The number of carbonyl (C=O) groups is 3. The summed E-state index contributed by atoms with van der Waals surface area (Å²) in [6.07, 6.45) is 0. The molecule has 1 amide bonds. The minimum atomic E-state index is -0.670. The average molecular weight is 341 g/mol. The zero-order chi connectivity index (χ0) is 18.2. The van der Waals surface area contributed by atoms with Gasteiger partial charge in [0.25, 0.3) is 5.91 Å². The number of hydrogen-bond donors (Lipinski definition) is 1. The van der Waals surface area contributed by atoms with Gasteiger partial charge in [-0.05, 0) is 38.1 Å². The fourth-order valence-electron chi connectivity index (χ4n) is 2.12. The smallest absolute Gasteiger partial charge is 0.338 e. The Morgan fingerprint density at radius 1 is 1.00 bits per heavy atom. The molecule has 130 valence electrons. The first-order valence-electron chi connectivity index (χ1n) is 7.81. The molecule has 6 nitrogen and oxygen atoms in total. The molecule has 0 aliphatic heterocycles. The molecule has 0 radical (unpaired) electrons. The van der Waals surface area contributed by atoms with E-state index in [1.54, 1.807) is 36.4 Å². The summed E-state index contributed by atoms with van der Waals surface area (Å²) in [7, 11) is 0. The van der Waals surface area contributed by atoms with Crippen LogP contribution in [-0.2, 0) is 9.53 Å². The highest BCUT2D eigenvalue weighted by Gasteiger charge is 2.13. The second kappa shape index (κ2) is 8.63. The molecule has 6 heteroatoms. The molecule has 0 unspecified atom stereocenters. The summed E-state index contributed by atoms with van der Waals surface area (Å²) in [6.45, 7) is 3.28. The minimum Gasteiger partial charge on any atom is -0.492 e. The number of anilines is 1. The van der Waals surface area contributed by atoms with Gasteiger partial charge in [-0.3, -0.25) is 9.59 Å². The van der Waals surface area contributed by atoms with Crippen molar-refractivity contribution in [2.24, 2.45) is 0 Å². The number of Topliss-reactive ketones (excluding diaryl/α,β-unsaturated/α-hetero) is 1. The maximum absolute atomic E-state index is 12.0. The lowest BCUT2D eigenvalue weighted by atomic mass is 10.1. The molecule has 0 fully saturated rings. The van der Waals surface area contributed by atoms with E-state index in [-0.39, 0.29) is 11.3 Å². The fraction of sp³-hybridized carbons (Fsp3) is 0.211. The first-order chi connectivity index (χ1) is 12.0. The number of rotatable bonds is 7. The lowest BCUT2D eigenvalue weighted by molar-refractivity contribution is -0.119. The fourth-order valence-corrected chi connectivity index (χ4v) is 2.12. The highest BCUT2D eigenvalue weighted by Crippen LogP contribution is 2.23. The third kappa shape index (κ3) is 5.17. The highest BCUT2D eigenvalue weighted by atomic mass is 16.5. The van der Waals surface area contributed by atoms with Gasteiger partial charge in [0.2, 0.25) is 0 Å². The number of benzene rings is 2. The standard InChI is InChI=1S/C19H19NO5/c1-3-24-17-10-5-4-9-16(17)20-18(22)12-25-19(23)15-8-6-7-14(11-15)13(2)21/h4-11H,3,12H2,1-2H3,(H,20,22). The lowest BCUT2D eigenvalue weighted by Gasteiger charge is -2.11. The van der Waals surface area contributed by atoms with E-state index in [9.17, 15) is 14.4 Å². The van der Waals surface area contributed by atoms with Crippen LogP contribution in [0.3, 0.4) is 0 Å². The second-order valence-corrected chi connectivity index (χ2v) is 5.19. The van der Waals surface area contributed by atoms with Crippen LogP contribution in [0, 0.1) is 0 Å². The summed E-state index contributed by atoms with van der Waals surface area (Å²) in [5, 5.41) is 2.64. The maximum atomic E-state index is 12.0. The molecule has 0 aromatic heterocycles. The van der Waals surface area contributed by atoms with E-state index < -0.39 is 18.5 Å². The molecule has 2 aromatic carbocycles. The van der Waals surface area contributed by atoms with Gasteiger partial charge in [-0.2, -0.15) is 0 Å². The number of hydrogen-bond acceptors (Lipinski definition) is 5. The van der Waals surface area contributed by atoms with Gasteiger partial charge in [0.05, 0.1) is 17.9 Å². The molecular formula is C19H19NO5. The third-order valence-electron chi connectivity index (χ3n) is 3.30. The molecule has 2 aromatic rings. The van der Waals surface area contributed by atoms with Crippen molar-refractivity contribution in [2.45, 2.75) is 13.8 Å². The molecule has 0 aliphatic rings. The van der Waals surface area contributed by atoms with Crippen molar-refractivity contribution in [2.75, 3.05) is 18.5 Å². The quantitative estimate of drug-likeness (QED) is 0.618. The molecule has 0 spiro atoms. The Bertz CT molecular complexity index is 785. The van der Waals surface area contributed by atoms with E-state index in [1.807, 2.05) is 6.92 Å². The van der Waals surface area contributed by atoms with Crippen molar-refractivity contribution in [3.8, 4) is 5.75 Å². The number of amides is 1. The van der Waals surface area contributed by atoms with Crippen molar-refractivity contribution >= 4 is 23.3 Å². The molecule has 0 saturated heterocycles. The lowest BCUT2D eigenvalue weighted by Crippen LogP contribution is -2.21. The first kappa shape index (κ1) is 18.2. The van der Waals surface area contributed by atoms with Gasteiger partial charge < -0.3 is 14.8 Å². The molecule has 25 heavy (non-hydrogen) atoms. The Morgan fingerprint density at radius 3 is 2.44 bits per heavy atom. The molecule has 2 rings (SSSR count). The topological polar surface area (TPSA) is 81.7 Å². The van der Waals surface area contributed by atoms with Crippen molar-refractivity contribution in [1.82, 2.24) is 0 Å². The Labute approximate surface area is 145 Å². The Balaban J connectivity index is 1.95. The van der Waals surface area contributed by atoms with Crippen molar-refractivity contribution in [3.05, 3.63) is 59.7 Å². The van der Waals surface area contributed by atoms with E-state index in [1.165, 1.54) is 19.1 Å². The summed E-state index contributed by atoms with van der Waals surface area (Å²) in [4.78, 5) is 35.3. The van der Waals surface area contributed by atoms with E-state index in [0.717, 1.165) is 0 Å². The Hall–Kier alpha value is -3.15. The van der Waals surface area contributed by atoms with Crippen LogP contribution in [-0.4, -0.2) is 30.9 Å².